The summed E-state index contributed by atoms with van der Waals surface area (Å²) in [6.07, 6.45) is 3.66. The molecule has 0 amide bonds. The molecule has 20 heavy (non-hydrogen) atoms. The first-order valence-corrected chi connectivity index (χ1v) is 7.84. The first-order valence-electron chi connectivity index (χ1n) is 7.43. The predicted octanol–water partition coefficient (Wildman–Crippen LogP) is 3.74. The monoisotopic (exact) mass is 293 g/mol. The number of anilines is 1. The molecule has 0 unspecified atom stereocenters. The summed E-state index contributed by atoms with van der Waals surface area (Å²) in [6.45, 7) is 11.7. The summed E-state index contributed by atoms with van der Waals surface area (Å²) in [5.41, 5.74) is 9.92. The van der Waals surface area contributed by atoms with Crippen molar-refractivity contribution in [3.8, 4) is 0 Å². The second-order valence-electron chi connectivity index (χ2n) is 5.60. The Morgan fingerprint density at radius 3 is 2.50 bits per heavy atom. The average molecular weight is 293 g/mol. The Bertz CT molecular complexity index is 469. The number of hydrogen-bond donors (Lipinski definition) is 1. The molecule has 0 bridgehead atoms. The maximum absolute atomic E-state index is 5.92. The predicted molar refractivity (Wildman–Crippen MR) is 91.6 cm³/mol. The molecule has 0 aromatic carbocycles. The first-order chi connectivity index (χ1) is 9.38. The number of rotatable bonds is 7. The smallest absolute Gasteiger partial charge is 0.107 e. The molecule has 0 aliphatic carbocycles. The van der Waals surface area contributed by atoms with E-state index in [-0.39, 0.29) is 0 Å². The molecule has 0 fully saturated rings. The van der Waals surface area contributed by atoms with Crippen LogP contribution in [0.15, 0.2) is 6.07 Å². The maximum Gasteiger partial charge on any atom is 0.107 e. The molecule has 112 valence electrons. The average Bonchev–Trinajstić information content (AvgIpc) is 2.32. The van der Waals surface area contributed by atoms with E-state index in [1.165, 1.54) is 19.3 Å². The van der Waals surface area contributed by atoms with E-state index in [1.807, 2.05) is 13.8 Å². The van der Waals surface area contributed by atoms with Crippen LogP contribution in [0.3, 0.4) is 0 Å². The van der Waals surface area contributed by atoms with Crippen LogP contribution in [0.5, 0.6) is 0 Å². The SMILES string of the molecule is CCCCCN(c1cc(C)nc(C)c1C(N)=S)C(C)C. The minimum absolute atomic E-state index is 0.418. The summed E-state index contributed by atoms with van der Waals surface area (Å²) < 4.78 is 0. The van der Waals surface area contributed by atoms with Crippen molar-refractivity contribution in [3.05, 3.63) is 23.0 Å². The summed E-state index contributed by atoms with van der Waals surface area (Å²) >= 11 is 5.23. The van der Waals surface area contributed by atoms with Crippen molar-refractivity contribution in [2.24, 2.45) is 5.73 Å². The largest absolute Gasteiger partial charge is 0.389 e. The molecule has 1 aromatic heterocycles. The van der Waals surface area contributed by atoms with Gasteiger partial charge in [-0.1, -0.05) is 32.0 Å². The number of aromatic nitrogens is 1. The summed E-state index contributed by atoms with van der Waals surface area (Å²) in [5.74, 6) is 0. The fourth-order valence-electron chi connectivity index (χ4n) is 2.53. The van der Waals surface area contributed by atoms with E-state index in [1.54, 1.807) is 0 Å². The summed E-state index contributed by atoms with van der Waals surface area (Å²) in [4.78, 5) is 7.33. The minimum atomic E-state index is 0.418. The van der Waals surface area contributed by atoms with E-state index in [0.717, 1.165) is 29.2 Å². The van der Waals surface area contributed by atoms with Crippen molar-refractivity contribution in [2.45, 2.75) is 59.9 Å². The maximum atomic E-state index is 5.92. The van der Waals surface area contributed by atoms with Gasteiger partial charge in [0.15, 0.2) is 0 Å². The van der Waals surface area contributed by atoms with Gasteiger partial charge in [-0.25, -0.2) is 0 Å². The number of pyridine rings is 1. The van der Waals surface area contributed by atoms with Crippen LogP contribution in [0.4, 0.5) is 5.69 Å². The van der Waals surface area contributed by atoms with Gasteiger partial charge in [-0.15, -0.1) is 0 Å². The van der Waals surface area contributed by atoms with Crippen LogP contribution in [-0.2, 0) is 0 Å². The molecule has 4 heteroatoms. The van der Waals surface area contributed by atoms with Gasteiger partial charge in [0.2, 0.25) is 0 Å². The highest BCUT2D eigenvalue weighted by molar-refractivity contribution is 7.80. The summed E-state index contributed by atoms with van der Waals surface area (Å²) in [6, 6.07) is 2.52. The molecule has 0 radical (unpaired) electrons. The molecule has 1 aromatic rings. The lowest BCUT2D eigenvalue weighted by atomic mass is 10.1. The first kappa shape index (κ1) is 16.9. The van der Waals surface area contributed by atoms with Gasteiger partial charge in [0.05, 0.1) is 11.3 Å². The van der Waals surface area contributed by atoms with Crippen LogP contribution < -0.4 is 10.6 Å². The lowest BCUT2D eigenvalue weighted by molar-refractivity contribution is 0.625. The molecular weight excluding hydrogens is 266 g/mol. The highest BCUT2D eigenvalue weighted by Gasteiger charge is 2.18. The van der Waals surface area contributed by atoms with Crippen LogP contribution in [0, 0.1) is 13.8 Å². The highest BCUT2D eigenvalue weighted by atomic mass is 32.1. The van der Waals surface area contributed by atoms with E-state index in [9.17, 15) is 0 Å². The third kappa shape index (κ3) is 4.17. The Kier molecular flexibility index (Phi) is 6.40. The number of aryl methyl sites for hydroxylation is 2. The van der Waals surface area contributed by atoms with Gasteiger partial charge in [-0.3, -0.25) is 4.98 Å². The molecule has 0 spiro atoms. The Balaban J connectivity index is 3.21. The van der Waals surface area contributed by atoms with E-state index in [2.05, 4.69) is 36.7 Å². The number of unbranched alkanes of at least 4 members (excludes halogenated alkanes) is 2. The number of thiocarbonyl (C=S) groups is 1. The van der Waals surface area contributed by atoms with Crippen molar-refractivity contribution < 1.29 is 0 Å². The highest BCUT2D eigenvalue weighted by Crippen LogP contribution is 2.26. The van der Waals surface area contributed by atoms with E-state index >= 15 is 0 Å². The van der Waals surface area contributed by atoms with Crippen LogP contribution in [0.25, 0.3) is 0 Å². The molecule has 0 aliphatic heterocycles. The van der Waals surface area contributed by atoms with Gasteiger partial charge in [0.25, 0.3) is 0 Å². The van der Waals surface area contributed by atoms with E-state index < -0.39 is 0 Å². The number of hydrogen-bond acceptors (Lipinski definition) is 3. The fourth-order valence-corrected chi connectivity index (χ4v) is 2.78. The molecule has 0 aliphatic rings. The van der Waals surface area contributed by atoms with Crippen molar-refractivity contribution in [1.82, 2.24) is 4.98 Å². The zero-order chi connectivity index (χ0) is 15.3. The van der Waals surface area contributed by atoms with Crippen molar-refractivity contribution in [1.29, 1.82) is 0 Å². The van der Waals surface area contributed by atoms with Crippen molar-refractivity contribution in [2.75, 3.05) is 11.4 Å². The lowest BCUT2D eigenvalue weighted by Gasteiger charge is -2.31. The molecule has 2 N–H and O–H groups in total. The summed E-state index contributed by atoms with van der Waals surface area (Å²) in [7, 11) is 0. The zero-order valence-electron chi connectivity index (χ0n) is 13.4. The van der Waals surface area contributed by atoms with Gasteiger partial charge in [-0.05, 0) is 40.2 Å². The number of nitrogens with zero attached hydrogens (tertiary/aromatic N) is 2. The standard InChI is InChI=1S/C16H27N3S/c1-6-7-8-9-19(11(2)3)14-10-12(4)18-13(5)15(14)16(17)20/h10-11H,6-9H2,1-5H3,(H2,17,20). The Morgan fingerprint density at radius 1 is 1.35 bits per heavy atom. The van der Waals surface area contributed by atoms with Crippen LogP contribution in [0.1, 0.15) is 57.0 Å². The third-order valence-corrected chi connectivity index (χ3v) is 3.69. The van der Waals surface area contributed by atoms with Crippen LogP contribution >= 0.6 is 12.2 Å². The van der Waals surface area contributed by atoms with Gasteiger partial charge >= 0.3 is 0 Å². The molecule has 1 heterocycles. The second kappa shape index (κ2) is 7.58. The van der Waals surface area contributed by atoms with Gasteiger partial charge in [-0.2, -0.15) is 0 Å². The molecule has 3 nitrogen and oxygen atoms in total. The lowest BCUT2D eigenvalue weighted by Crippen LogP contribution is -2.34. The Hall–Kier alpha value is -1.16. The second-order valence-corrected chi connectivity index (χ2v) is 6.04. The minimum Gasteiger partial charge on any atom is -0.389 e. The molecule has 0 saturated carbocycles. The fraction of sp³-hybridized carbons (Fsp3) is 0.625. The molecular formula is C16H27N3S. The number of nitrogens with two attached hydrogens (primary N) is 1. The topological polar surface area (TPSA) is 42.2 Å². The van der Waals surface area contributed by atoms with Crippen LogP contribution in [-0.4, -0.2) is 22.6 Å². The van der Waals surface area contributed by atoms with Crippen molar-refractivity contribution >= 4 is 22.9 Å². The third-order valence-electron chi connectivity index (χ3n) is 3.49. The van der Waals surface area contributed by atoms with Gasteiger partial charge in [0, 0.05) is 24.0 Å². The molecule has 0 atom stereocenters. The van der Waals surface area contributed by atoms with Crippen LogP contribution in [0.2, 0.25) is 0 Å². The van der Waals surface area contributed by atoms with Crippen molar-refractivity contribution in [3.63, 3.8) is 0 Å². The quantitative estimate of drug-likeness (QED) is 0.614. The molecule has 1 rings (SSSR count). The van der Waals surface area contributed by atoms with Gasteiger partial charge in [0.1, 0.15) is 4.99 Å². The van der Waals surface area contributed by atoms with Gasteiger partial charge < -0.3 is 10.6 Å². The zero-order valence-corrected chi connectivity index (χ0v) is 14.2. The van der Waals surface area contributed by atoms with E-state index in [4.69, 9.17) is 18.0 Å². The normalized spacial score (nSPS) is 10.9. The molecule has 0 saturated heterocycles. The Labute approximate surface area is 128 Å². The summed E-state index contributed by atoms with van der Waals surface area (Å²) in [5, 5.41) is 0. The Morgan fingerprint density at radius 2 is 2.00 bits per heavy atom. The van der Waals surface area contributed by atoms with E-state index in [0.29, 0.717) is 11.0 Å².